The van der Waals surface area contributed by atoms with Crippen LogP contribution in [0.1, 0.15) is 80.6 Å². The molecular formula is C34H40ClNO4. The van der Waals surface area contributed by atoms with E-state index >= 15 is 0 Å². The fourth-order valence-electron chi connectivity index (χ4n) is 5.00. The summed E-state index contributed by atoms with van der Waals surface area (Å²) in [4.78, 5) is 25.5. The second-order valence-electron chi connectivity index (χ2n) is 10.6. The summed E-state index contributed by atoms with van der Waals surface area (Å²) < 4.78 is 7.33. The van der Waals surface area contributed by atoms with Gasteiger partial charge in [-0.3, -0.25) is 14.2 Å². The number of benzene rings is 2. The van der Waals surface area contributed by atoms with E-state index in [-0.39, 0.29) is 12.3 Å². The SMILES string of the molecule is COc1ccc2c(c1CC=C(C)CC/C=C(\C)CCC=C(C)C)c(CC(=O)O)c(C)n2C(=O)c1ccc(Cl)cc1. The molecule has 1 N–H and O–H groups in total. The van der Waals surface area contributed by atoms with E-state index in [1.54, 1.807) is 42.9 Å². The molecule has 1 heterocycles. The molecule has 2 aromatic carbocycles. The molecule has 0 radical (unpaired) electrons. The van der Waals surface area contributed by atoms with Crippen molar-refractivity contribution < 1.29 is 19.4 Å². The average Bonchev–Trinajstić information content (AvgIpc) is 3.17. The Morgan fingerprint density at radius 1 is 0.900 bits per heavy atom. The van der Waals surface area contributed by atoms with Crippen molar-refractivity contribution in [3.8, 4) is 5.75 Å². The number of ether oxygens (including phenoxy) is 1. The van der Waals surface area contributed by atoms with Crippen LogP contribution in [0, 0.1) is 6.92 Å². The molecule has 0 amide bonds. The monoisotopic (exact) mass is 561 g/mol. The zero-order chi connectivity index (χ0) is 29.4. The predicted octanol–water partition coefficient (Wildman–Crippen LogP) is 8.89. The zero-order valence-corrected chi connectivity index (χ0v) is 25.2. The number of aromatic nitrogens is 1. The quantitative estimate of drug-likeness (QED) is 0.224. The lowest BCUT2D eigenvalue weighted by atomic mass is 9.98. The fourth-order valence-corrected chi connectivity index (χ4v) is 5.12. The third-order valence-electron chi connectivity index (χ3n) is 7.18. The van der Waals surface area contributed by atoms with Crippen LogP contribution in [0.25, 0.3) is 10.9 Å². The van der Waals surface area contributed by atoms with E-state index in [0.717, 1.165) is 36.6 Å². The molecule has 0 atom stereocenters. The average molecular weight is 562 g/mol. The Labute approximate surface area is 242 Å². The molecule has 0 fully saturated rings. The number of carboxylic acids is 1. The highest BCUT2D eigenvalue weighted by atomic mass is 35.5. The molecular weight excluding hydrogens is 522 g/mol. The van der Waals surface area contributed by atoms with Crippen molar-refractivity contribution in [2.45, 2.75) is 73.1 Å². The van der Waals surface area contributed by atoms with Crippen molar-refractivity contribution in [1.29, 1.82) is 0 Å². The maximum absolute atomic E-state index is 13.6. The van der Waals surface area contributed by atoms with E-state index in [0.29, 0.717) is 39.5 Å². The van der Waals surface area contributed by atoms with Crippen LogP contribution in [0.4, 0.5) is 0 Å². The van der Waals surface area contributed by atoms with Gasteiger partial charge in [-0.05, 0) is 109 Å². The summed E-state index contributed by atoms with van der Waals surface area (Å²) in [5.41, 5.74) is 7.27. The van der Waals surface area contributed by atoms with Gasteiger partial charge in [0.25, 0.3) is 5.91 Å². The lowest BCUT2D eigenvalue weighted by Crippen LogP contribution is -2.14. The van der Waals surface area contributed by atoms with Gasteiger partial charge in [0.2, 0.25) is 0 Å². The van der Waals surface area contributed by atoms with Crippen molar-refractivity contribution in [2.75, 3.05) is 7.11 Å². The first kappa shape index (κ1) is 31.0. The van der Waals surface area contributed by atoms with Crippen molar-refractivity contribution in [1.82, 2.24) is 4.57 Å². The number of carboxylic acid groups (broad SMARTS) is 1. The van der Waals surface area contributed by atoms with Crippen LogP contribution < -0.4 is 4.74 Å². The normalized spacial score (nSPS) is 12.1. The smallest absolute Gasteiger partial charge is 0.307 e. The second kappa shape index (κ2) is 14.2. The van der Waals surface area contributed by atoms with Gasteiger partial charge in [0.15, 0.2) is 0 Å². The molecule has 0 spiro atoms. The minimum atomic E-state index is -0.951. The van der Waals surface area contributed by atoms with Crippen molar-refractivity contribution in [2.24, 2.45) is 0 Å². The Balaban J connectivity index is 1.97. The van der Waals surface area contributed by atoms with Gasteiger partial charge in [-0.15, -0.1) is 0 Å². The van der Waals surface area contributed by atoms with Gasteiger partial charge in [0.05, 0.1) is 19.0 Å². The van der Waals surface area contributed by atoms with E-state index in [9.17, 15) is 14.7 Å². The fraction of sp³-hybridized carbons (Fsp3) is 0.353. The molecule has 5 nitrogen and oxygen atoms in total. The summed E-state index contributed by atoms with van der Waals surface area (Å²) in [5.74, 6) is -0.506. The first-order valence-electron chi connectivity index (χ1n) is 13.7. The summed E-state index contributed by atoms with van der Waals surface area (Å²) in [6, 6.07) is 10.4. The van der Waals surface area contributed by atoms with Gasteiger partial charge in [0.1, 0.15) is 5.75 Å². The number of nitrogens with zero attached hydrogens (tertiary/aromatic N) is 1. The number of hydrogen-bond donors (Lipinski definition) is 1. The maximum Gasteiger partial charge on any atom is 0.307 e. The highest BCUT2D eigenvalue weighted by molar-refractivity contribution is 6.30. The molecule has 0 aliphatic rings. The lowest BCUT2D eigenvalue weighted by molar-refractivity contribution is -0.136. The first-order valence-corrected chi connectivity index (χ1v) is 14.1. The second-order valence-corrected chi connectivity index (χ2v) is 11.0. The summed E-state index contributed by atoms with van der Waals surface area (Å²) in [7, 11) is 1.61. The minimum absolute atomic E-state index is 0.192. The number of rotatable bonds is 12. The number of carbonyl (C=O) groups is 2. The summed E-state index contributed by atoms with van der Waals surface area (Å²) >= 11 is 6.03. The number of allylic oxidation sites excluding steroid dienone is 6. The number of methoxy groups -OCH3 is 1. The number of aliphatic carboxylic acids is 1. The number of hydrogen-bond acceptors (Lipinski definition) is 3. The van der Waals surface area contributed by atoms with Gasteiger partial charge in [-0.2, -0.15) is 0 Å². The van der Waals surface area contributed by atoms with Crippen LogP contribution in [0.5, 0.6) is 5.75 Å². The van der Waals surface area contributed by atoms with E-state index in [4.69, 9.17) is 16.3 Å². The first-order chi connectivity index (χ1) is 19.0. The predicted molar refractivity (Wildman–Crippen MR) is 165 cm³/mol. The summed E-state index contributed by atoms with van der Waals surface area (Å²) in [6.45, 7) is 10.4. The third-order valence-corrected chi connectivity index (χ3v) is 7.43. The van der Waals surface area contributed by atoms with E-state index in [1.807, 2.05) is 12.1 Å². The van der Waals surface area contributed by atoms with Crippen LogP contribution in [0.3, 0.4) is 0 Å². The number of fused-ring (bicyclic) bond motifs is 1. The molecule has 0 unspecified atom stereocenters. The van der Waals surface area contributed by atoms with Crippen LogP contribution >= 0.6 is 11.6 Å². The standard InChI is InChI=1S/C34H40ClNO4/c1-22(2)9-7-10-23(3)11-8-12-24(4)13-18-28-31(40-6)20-19-30-33(28)29(21-32(37)38)25(5)36(30)34(39)26-14-16-27(35)17-15-26/h9,11,13-17,19-20H,7-8,10,12,18,21H2,1-6H3,(H,37,38)/b23-11+,24-13?. The highest BCUT2D eigenvalue weighted by Gasteiger charge is 2.24. The molecule has 1 aromatic heterocycles. The van der Waals surface area contributed by atoms with Crippen LogP contribution in [-0.2, 0) is 17.6 Å². The topological polar surface area (TPSA) is 68.5 Å². The van der Waals surface area contributed by atoms with Gasteiger partial charge in [0, 0.05) is 27.2 Å². The largest absolute Gasteiger partial charge is 0.496 e. The van der Waals surface area contributed by atoms with E-state index in [1.165, 1.54) is 16.7 Å². The third kappa shape index (κ3) is 7.76. The Hall–Kier alpha value is -3.57. The molecule has 6 heteroatoms. The molecule has 0 saturated carbocycles. The Morgan fingerprint density at radius 3 is 2.12 bits per heavy atom. The highest BCUT2D eigenvalue weighted by Crippen LogP contribution is 2.36. The number of carbonyl (C=O) groups excluding carboxylic acids is 1. The summed E-state index contributed by atoms with van der Waals surface area (Å²) in [5, 5.41) is 11.1. The lowest BCUT2D eigenvalue weighted by Gasteiger charge is -2.12. The summed E-state index contributed by atoms with van der Waals surface area (Å²) in [6.07, 6.45) is 11.2. The van der Waals surface area contributed by atoms with Crippen LogP contribution in [0.15, 0.2) is 71.3 Å². The van der Waals surface area contributed by atoms with E-state index in [2.05, 4.69) is 45.9 Å². The van der Waals surface area contributed by atoms with Crippen molar-refractivity contribution in [3.05, 3.63) is 98.8 Å². The maximum atomic E-state index is 13.6. The minimum Gasteiger partial charge on any atom is -0.496 e. The molecule has 0 aliphatic carbocycles. The molecule has 0 aliphatic heterocycles. The van der Waals surface area contributed by atoms with Gasteiger partial charge >= 0.3 is 5.97 Å². The Morgan fingerprint density at radius 2 is 1.52 bits per heavy atom. The van der Waals surface area contributed by atoms with E-state index < -0.39 is 5.97 Å². The molecule has 0 bridgehead atoms. The zero-order valence-electron chi connectivity index (χ0n) is 24.4. The molecule has 3 aromatic rings. The molecule has 0 saturated heterocycles. The number of halogens is 1. The Bertz CT molecular complexity index is 1470. The van der Waals surface area contributed by atoms with Gasteiger partial charge in [-0.1, -0.05) is 46.5 Å². The van der Waals surface area contributed by atoms with Gasteiger partial charge in [-0.25, -0.2) is 0 Å². The van der Waals surface area contributed by atoms with Crippen molar-refractivity contribution in [3.63, 3.8) is 0 Å². The Kier molecular flexibility index (Phi) is 11.0. The van der Waals surface area contributed by atoms with Crippen LogP contribution in [-0.4, -0.2) is 28.7 Å². The molecule has 40 heavy (non-hydrogen) atoms. The molecule has 3 rings (SSSR count). The molecule has 212 valence electrons. The van der Waals surface area contributed by atoms with Crippen molar-refractivity contribution >= 4 is 34.4 Å². The van der Waals surface area contributed by atoms with Crippen LogP contribution in [0.2, 0.25) is 5.02 Å². The van der Waals surface area contributed by atoms with Gasteiger partial charge < -0.3 is 9.84 Å².